The smallest absolute Gasteiger partial charge is 0.268 e. The first-order valence-corrected chi connectivity index (χ1v) is 8.00. The molecular formula is C20H18N2O2. The molecule has 2 aromatic carbocycles. The van der Waals surface area contributed by atoms with Crippen molar-refractivity contribution in [2.45, 2.75) is 19.9 Å². The van der Waals surface area contributed by atoms with E-state index >= 15 is 0 Å². The van der Waals surface area contributed by atoms with E-state index in [0.29, 0.717) is 5.69 Å². The fourth-order valence-corrected chi connectivity index (χ4v) is 3.14. The number of aromatic amines is 1. The molecule has 4 aromatic rings. The van der Waals surface area contributed by atoms with Crippen LogP contribution in [-0.4, -0.2) is 10.9 Å². The fraction of sp³-hybridized carbons (Fsp3) is 0.150. The van der Waals surface area contributed by atoms with Gasteiger partial charge in [0.15, 0.2) is 0 Å². The number of para-hydroxylation sites is 2. The Kier molecular flexibility index (Phi) is 3.38. The molecule has 0 spiro atoms. The zero-order valence-corrected chi connectivity index (χ0v) is 13.6. The van der Waals surface area contributed by atoms with Gasteiger partial charge in [-0.1, -0.05) is 36.4 Å². The highest BCUT2D eigenvalue weighted by Crippen LogP contribution is 2.29. The minimum absolute atomic E-state index is 0.140. The number of nitrogens with one attached hydrogen (secondary N) is 2. The van der Waals surface area contributed by atoms with E-state index in [9.17, 15) is 4.79 Å². The average molecular weight is 318 g/mol. The van der Waals surface area contributed by atoms with Crippen molar-refractivity contribution in [2.24, 2.45) is 0 Å². The van der Waals surface area contributed by atoms with Gasteiger partial charge in [-0.2, -0.15) is 0 Å². The SMILES string of the molecule is Cc1c([C@@H](C)NC(=O)c2cc3ccccc3[nH]2)oc2ccccc12. The van der Waals surface area contributed by atoms with Crippen LogP contribution >= 0.6 is 0 Å². The lowest BCUT2D eigenvalue weighted by atomic mass is 10.1. The Morgan fingerprint density at radius 3 is 2.67 bits per heavy atom. The lowest BCUT2D eigenvalue weighted by molar-refractivity contribution is 0.0931. The Morgan fingerprint density at radius 2 is 1.88 bits per heavy atom. The van der Waals surface area contributed by atoms with Gasteiger partial charge in [0.1, 0.15) is 17.0 Å². The summed E-state index contributed by atoms with van der Waals surface area (Å²) in [5.41, 5.74) is 3.42. The average Bonchev–Trinajstić information content (AvgIpc) is 3.17. The fourth-order valence-electron chi connectivity index (χ4n) is 3.14. The van der Waals surface area contributed by atoms with Gasteiger partial charge in [-0.15, -0.1) is 0 Å². The summed E-state index contributed by atoms with van der Waals surface area (Å²) in [6.45, 7) is 3.96. The second kappa shape index (κ2) is 5.57. The molecule has 0 saturated heterocycles. The van der Waals surface area contributed by atoms with E-state index in [4.69, 9.17) is 4.42 Å². The van der Waals surface area contributed by atoms with Crippen LogP contribution in [0.25, 0.3) is 21.9 Å². The number of hydrogen-bond donors (Lipinski definition) is 2. The van der Waals surface area contributed by atoms with Crippen LogP contribution < -0.4 is 5.32 Å². The summed E-state index contributed by atoms with van der Waals surface area (Å²) < 4.78 is 5.93. The molecule has 2 N–H and O–H groups in total. The molecule has 120 valence electrons. The molecule has 0 aliphatic heterocycles. The molecule has 0 fully saturated rings. The summed E-state index contributed by atoms with van der Waals surface area (Å²) in [5, 5.41) is 5.12. The maximum Gasteiger partial charge on any atom is 0.268 e. The van der Waals surface area contributed by atoms with Crippen molar-refractivity contribution in [1.29, 1.82) is 0 Å². The van der Waals surface area contributed by atoms with E-state index in [-0.39, 0.29) is 11.9 Å². The second-order valence-corrected chi connectivity index (χ2v) is 6.05. The maximum absolute atomic E-state index is 12.5. The molecule has 4 nitrogen and oxygen atoms in total. The zero-order chi connectivity index (χ0) is 16.7. The van der Waals surface area contributed by atoms with Crippen LogP contribution in [0.15, 0.2) is 59.0 Å². The summed E-state index contributed by atoms with van der Waals surface area (Å²) >= 11 is 0. The molecule has 24 heavy (non-hydrogen) atoms. The van der Waals surface area contributed by atoms with Gasteiger partial charge in [-0.3, -0.25) is 4.79 Å². The van der Waals surface area contributed by atoms with Gasteiger partial charge in [0.25, 0.3) is 5.91 Å². The normalized spacial score (nSPS) is 12.6. The summed E-state index contributed by atoms with van der Waals surface area (Å²) in [4.78, 5) is 15.7. The third-order valence-corrected chi connectivity index (χ3v) is 4.40. The summed E-state index contributed by atoms with van der Waals surface area (Å²) in [5.74, 6) is 0.652. The number of aromatic nitrogens is 1. The van der Waals surface area contributed by atoms with Crippen molar-refractivity contribution >= 4 is 27.8 Å². The lowest BCUT2D eigenvalue weighted by Crippen LogP contribution is -2.27. The van der Waals surface area contributed by atoms with E-state index in [1.54, 1.807) is 0 Å². The van der Waals surface area contributed by atoms with Crippen LogP contribution in [0.4, 0.5) is 0 Å². The van der Waals surface area contributed by atoms with Gasteiger partial charge in [0, 0.05) is 21.9 Å². The van der Waals surface area contributed by atoms with Gasteiger partial charge in [-0.05, 0) is 32.0 Å². The van der Waals surface area contributed by atoms with Gasteiger partial charge >= 0.3 is 0 Å². The maximum atomic E-state index is 12.5. The third-order valence-electron chi connectivity index (χ3n) is 4.40. The van der Waals surface area contributed by atoms with E-state index in [1.165, 1.54) is 0 Å². The van der Waals surface area contributed by atoms with E-state index in [1.807, 2.05) is 68.4 Å². The predicted molar refractivity (Wildman–Crippen MR) is 95.1 cm³/mol. The number of furan rings is 1. The number of fused-ring (bicyclic) bond motifs is 2. The quantitative estimate of drug-likeness (QED) is 0.574. The first-order chi connectivity index (χ1) is 11.6. The standard InChI is InChI=1S/C20H18N2O2/c1-12-15-8-4-6-10-18(15)24-19(12)13(2)21-20(23)17-11-14-7-3-5-9-16(14)22-17/h3-11,13,22H,1-2H3,(H,21,23)/t13-/m1/s1. The summed E-state index contributed by atoms with van der Waals surface area (Å²) in [6, 6.07) is 17.4. The molecule has 0 radical (unpaired) electrons. The van der Waals surface area contributed by atoms with Crippen molar-refractivity contribution in [3.05, 3.63) is 71.6 Å². The van der Waals surface area contributed by atoms with Gasteiger partial charge in [0.05, 0.1) is 6.04 Å². The predicted octanol–water partition coefficient (Wildman–Crippen LogP) is 4.71. The van der Waals surface area contributed by atoms with Crippen LogP contribution in [-0.2, 0) is 0 Å². The number of amides is 1. The Labute approximate surface area is 139 Å². The molecule has 2 aromatic heterocycles. The number of H-pyrrole nitrogens is 1. The molecular weight excluding hydrogens is 300 g/mol. The lowest BCUT2D eigenvalue weighted by Gasteiger charge is -2.11. The van der Waals surface area contributed by atoms with Crippen molar-refractivity contribution in [3.63, 3.8) is 0 Å². The van der Waals surface area contributed by atoms with Crippen LogP contribution in [0.3, 0.4) is 0 Å². The number of aryl methyl sites for hydroxylation is 1. The summed E-state index contributed by atoms with van der Waals surface area (Å²) in [7, 11) is 0. The van der Waals surface area contributed by atoms with Gasteiger partial charge in [0.2, 0.25) is 0 Å². The van der Waals surface area contributed by atoms with E-state index < -0.39 is 0 Å². The number of carbonyl (C=O) groups excluding carboxylic acids is 1. The number of rotatable bonds is 3. The van der Waals surface area contributed by atoms with E-state index in [2.05, 4.69) is 10.3 Å². The first-order valence-electron chi connectivity index (χ1n) is 8.00. The molecule has 2 heterocycles. The van der Waals surface area contributed by atoms with Gasteiger partial charge in [-0.25, -0.2) is 0 Å². The molecule has 0 saturated carbocycles. The number of hydrogen-bond acceptors (Lipinski definition) is 2. The molecule has 4 heteroatoms. The highest BCUT2D eigenvalue weighted by Gasteiger charge is 2.19. The molecule has 1 atom stereocenters. The van der Waals surface area contributed by atoms with Crippen LogP contribution in [0, 0.1) is 6.92 Å². The van der Waals surface area contributed by atoms with Crippen molar-refractivity contribution in [1.82, 2.24) is 10.3 Å². The van der Waals surface area contributed by atoms with Crippen LogP contribution in [0.2, 0.25) is 0 Å². The topological polar surface area (TPSA) is 58.0 Å². The zero-order valence-electron chi connectivity index (χ0n) is 13.6. The minimum Gasteiger partial charge on any atom is -0.459 e. The molecule has 0 bridgehead atoms. The molecule has 0 aliphatic carbocycles. The highest BCUT2D eigenvalue weighted by molar-refractivity contribution is 5.98. The minimum atomic E-state index is -0.212. The Bertz CT molecular complexity index is 1010. The van der Waals surface area contributed by atoms with Crippen LogP contribution in [0.5, 0.6) is 0 Å². The highest BCUT2D eigenvalue weighted by atomic mass is 16.3. The molecule has 1 amide bonds. The summed E-state index contributed by atoms with van der Waals surface area (Å²) in [6.07, 6.45) is 0. The Morgan fingerprint density at radius 1 is 1.12 bits per heavy atom. The van der Waals surface area contributed by atoms with Crippen LogP contribution in [0.1, 0.15) is 34.8 Å². The van der Waals surface area contributed by atoms with E-state index in [0.717, 1.165) is 33.2 Å². The molecule has 4 rings (SSSR count). The van der Waals surface area contributed by atoms with Crippen molar-refractivity contribution in [2.75, 3.05) is 0 Å². The van der Waals surface area contributed by atoms with Gasteiger partial charge < -0.3 is 14.7 Å². The third kappa shape index (κ3) is 2.36. The first kappa shape index (κ1) is 14.6. The van der Waals surface area contributed by atoms with Crippen molar-refractivity contribution in [3.8, 4) is 0 Å². The Balaban J connectivity index is 1.61. The monoisotopic (exact) mass is 318 g/mol. The Hall–Kier alpha value is -3.01. The second-order valence-electron chi connectivity index (χ2n) is 6.05. The molecule has 0 aliphatic rings. The largest absolute Gasteiger partial charge is 0.459 e. The van der Waals surface area contributed by atoms with Crippen molar-refractivity contribution < 1.29 is 9.21 Å². The molecule has 0 unspecified atom stereocenters. The number of benzene rings is 2. The number of carbonyl (C=O) groups is 1.